The second-order valence-corrected chi connectivity index (χ2v) is 3.71. The van der Waals surface area contributed by atoms with Gasteiger partial charge in [-0.25, -0.2) is 4.98 Å². The summed E-state index contributed by atoms with van der Waals surface area (Å²) in [5.41, 5.74) is 7.32. The highest BCUT2D eigenvalue weighted by molar-refractivity contribution is 5.94. The number of rotatable bonds is 3. The number of imidazole rings is 1. The Balaban J connectivity index is 2.17. The number of aromatic nitrogens is 2. The molecule has 2 aromatic rings. The van der Waals surface area contributed by atoms with Crippen LogP contribution in [0.15, 0.2) is 36.7 Å². The quantitative estimate of drug-likeness (QED) is 0.601. The van der Waals surface area contributed by atoms with E-state index < -0.39 is 0 Å². The van der Waals surface area contributed by atoms with Crippen LogP contribution < -0.4 is 5.73 Å². The van der Waals surface area contributed by atoms with Crippen molar-refractivity contribution in [1.29, 1.82) is 5.41 Å². The zero-order valence-electron chi connectivity index (χ0n) is 9.14. The third-order valence-electron chi connectivity index (χ3n) is 2.54. The summed E-state index contributed by atoms with van der Waals surface area (Å²) in [7, 11) is 0. The third-order valence-corrected chi connectivity index (χ3v) is 2.54. The second-order valence-electron chi connectivity index (χ2n) is 3.71. The van der Waals surface area contributed by atoms with Gasteiger partial charge in [-0.05, 0) is 12.5 Å². The van der Waals surface area contributed by atoms with Gasteiger partial charge in [-0.3, -0.25) is 5.41 Å². The Bertz CT molecular complexity index is 496. The third kappa shape index (κ3) is 2.11. The van der Waals surface area contributed by atoms with Gasteiger partial charge in [0.25, 0.3) is 0 Å². The van der Waals surface area contributed by atoms with E-state index in [-0.39, 0.29) is 5.84 Å². The minimum Gasteiger partial charge on any atom is -0.384 e. The fourth-order valence-corrected chi connectivity index (χ4v) is 1.56. The lowest BCUT2D eigenvalue weighted by atomic mass is 10.1. The summed E-state index contributed by atoms with van der Waals surface area (Å²) in [5, 5.41) is 7.30. The second kappa shape index (κ2) is 4.18. The zero-order chi connectivity index (χ0) is 11.5. The number of hydrogen-bond acceptors (Lipinski definition) is 2. The molecule has 2 rings (SSSR count). The summed E-state index contributed by atoms with van der Waals surface area (Å²) in [6, 6.07) is 7.69. The first-order valence-corrected chi connectivity index (χ1v) is 5.08. The van der Waals surface area contributed by atoms with Crippen LogP contribution in [-0.2, 0) is 6.54 Å². The van der Waals surface area contributed by atoms with Crippen LogP contribution in [0.4, 0.5) is 0 Å². The van der Waals surface area contributed by atoms with Crippen LogP contribution in [0.3, 0.4) is 0 Å². The first-order chi connectivity index (χ1) is 7.66. The number of nitrogens with two attached hydrogens (primary N) is 1. The van der Waals surface area contributed by atoms with Crippen molar-refractivity contribution in [3.63, 3.8) is 0 Å². The molecule has 82 valence electrons. The predicted octanol–water partition coefficient (Wildman–Crippen LogP) is 1.52. The number of aryl methyl sites for hydroxylation is 1. The molecule has 0 saturated carbocycles. The number of nitrogens with zero attached hydrogens (tertiary/aromatic N) is 2. The van der Waals surface area contributed by atoms with Gasteiger partial charge in [-0.2, -0.15) is 0 Å². The van der Waals surface area contributed by atoms with E-state index >= 15 is 0 Å². The van der Waals surface area contributed by atoms with E-state index in [2.05, 4.69) is 9.55 Å². The topological polar surface area (TPSA) is 67.7 Å². The standard InChI is InChI=1S/C12H14N4/c1-9-15-6-7-16(9)8-10-2-4-11(5-3-10)12(13)14/h2-7H,8H2,1H3,(H3,13,14). The summed E-state index contributed by atoms with van der Waals surface area (Å²) >= 11 is 0. The summed E-state index contributed by atoms with van der Waals surface area (Å²) < 4.78 is 2.07. The molecule has 0 saturated heterocycles. The largest absolute Gasteiger partial charge is 0.384 e. The molecular formula is C12H14N4. The van der Waals surface area contributed by atoms with E-state index in [1.165, 1.54) is 5.56 Å². The van der Waals surface area contributed by atoms with E-state index in [0.717, 1.165) is 17.9 Å². The van der Waals surface area contributed by atoms with Crippen molar-refractivity contribution < 1.29 is 0 Å². The molecule has 0 aliphatic rings. The van der Waals surface area contributed by atoms with Crippen LogP contribution in [0.25, 0.3) is 0 Å². The highest BCUT2D eigenvalue weighted by Gasteiger charge is 2.00. The molecule has 1 aromatic carbocycles. The molecule has 0 amide bonds. The van der Waals surface area contributed by atoms with Gasteiger partial charge in [0.15, 0.2) is 0 Å². The Labute approximate surface area is 94.2 Å². The lowest BCUT2D eigenvalue weighted by Crippen LogP contribution is -2.11. The Morgan fingerprint density at radius 3 is 2.56 bits per heavy atom. The summed E-state index contributed by atoms with van der Waals surface area (Å²) in [5.74, 6) is 1.10. The number of nitrogen functional groups attached to an aromatic ring is 1. The highest BCUT2D eigenvalue weighted by Crippen LogP contribution is 2.07. The average molecular weight is 214 g/mol. The molecular weight excluding hydrogens is 200 g/mol. The molecule has 0 radical (unpaired) electrons. The first kappa shape index (κ1) is 10.4. The van der Waals surface area contributed by atoms with E-state index in [9.17, 15) is 0 Å². The number of nitrogens with one attached hydrogen (secondary N) is 1. The van der Waals surface area contributed by atoms with Crippen molar-refractivity contribution in [2.24, 2.45) is 5.73 Å². The van der Waals surface area contributed by atoms with Crippen molar-refractivity contribution in [1.82, 2.24) is 9.55 Å². The van der Waals surface area contributed by atoms with E-state index in [4.69, 9.17) is 11.1 Å². The maximum atomic E-state index is 7.30. The van der Waals surface area contributed by atoms with Crippen molar-refractivity contribution in [3.8, 4) is 0 Å². The molecule has 0 atom stereocenters. The minimum atomic E-state index is 0.102. The number of benzene rings is 1. The van der Waals surface area contributed by atoms with Crippen molar-refractivity contribution >= 4 is 5.84 Å². The van der Waals surface area contributed by atoms with Crippen LogP contribution >= 0.6 is 0 Å². The molecule has 4 heteroatoms. The van der Waals surface area contributed by atoms with Gasteiger partial charge in [0.2, 0.25) is 0 Å². The Hall–Kier alpha value is -2.10. The molecule has 0 aliphatic carbocycles. The van der Waals surface area contributed by atoms with Gasteiger partial charge in [0.05, 0.1) is 0 Å². The van der Waals surface area contributed by atoms with Gasteiger partial charge in [-0.1, -0.05) is 24.3 Å². The number of hydrogen-bond donors (Lipinski definition) is 2. The molecule has 0 aliphatic heterocycles. The normalized spacial score (nSPS) is 10.3. The van der Waals surface area contributed by atoms with Crippen LogP contribution in [0, 0.1) is 12.3 Å². The summed E-state index contributed by atoms with van der Waals surface area (Å²) in [6.45, 7) is 2.77. The monoisotopic (exact) mass is 214 g/mol. The lowest BCUT2D eigenvalue weighted by molar-refractivity contribution is 0.762. The molecule has 0 spiro atoms. The first-order valence-electron chi connectivity index (χ1n) is 5.08. The molecule has 16 heavy (non-hydrogen) atoms. The molecule has 0 fully saturated rings. The van der Waals surface area contributed by atoms with Gasteiger partial charge in [-0.15, -0.1) is 0 Å². The SMILES string of the molecule is Cc1nccn1Cc1ccc(C(=N)N)cc1. The van der Waals surface area contributed by atoms with Crippen molar-refractivity contribution in [2.75, 3.05) is 0 Å². The van der Waals surface area contributed by atoms with Crippen molar-refractivity contribution in [2.45, 2.75) is 13.5 Å². The molecule has 1 aromatic heterocycles. The Kier molecular flexibility index (Phi) is 2.72. The van der Waals surface area contributed by atoms with E-state index in [0.29, 0.717) is 0 Å². The molecule has 1 heterocycles. The van der Waals surface area contributed by atoms with Crippen LogP contribution in [-0.4, -0.2) is 15.4 Å². The van der Waals surface area contributed by atoms with Crippen LogP contribution in [0.5, 0.6) is 0 Å². The molecule has 3 N–H and O–H groups in total. The van der Waals surface area contributed by atoms with Gasteiger partial charge in [0, 0.05) is 24.5 Å². The Morgan fingerprint density at radius 1 is 1.38 bits per heavy atom. The predicted molar refractivity (Wildman–Crippen MR) is 63.5 cm³/mol. The number of amidine groups is 1. The fourth-order valence-electron chi connectivity index (χ4n) is 1.56. The van der Waals surface area contributed by atoms with Gasteiger partial charge in [0.1, 0.15) is 11.7 Å². The highest BCUT2D eigenvalue weighted by atomic mass is 15.0. The molecule has 4 nitrogen and oxygen atoms in total. The summed E-state index contributed by atoms with van der Waals surface area (Å²) in [4.78, 5) is 4.17. The van der Waals surface area contributed by atoms with Crippen LogP contribution in [0.1, 0.15) is 17.0 Å². The van der Waals surface area contributed by atoms with Crippen LogP contribution in [0.2, 0.25) is 0 Å². The Morgan fingerprint density at radius 2 is 2.06 bits per heavy atom. The summed E-state index contributed by atoms with van der Waals surface area (Å²) in [6.07, 6.45) is 3.74. The maximum Gasteiger partial charge on any atom is 0.122 e. The average Bonchev–Trinajstić information content (AvgIpc) is 2.65. The van der Waals surface area contributed by atoms with E-state index in [1.54, 1.807) is 6.20 Å². The molecule has 0 unspecified atom stereocenters. The van der Waals surface area contributed by atoms with Gasteiger partial charge >= 0.3 is 0 Å². The smallest absolute Gasteiger partial charge is 0.122 e. The molecule has 0 bridgehead atoms. The maximum absolute atomic E-state index is 7.30. The minimum absolute atomic E-state index is 0.102. The van der Waals surface area contributed by atoms with Crippen molar-refractivity contribution in [3.05, 3.63) is 53.6 Å². The van der Waals surface area contributed by atoms with Gasteiger partial charge < -0.3 is 10.3 Å². The lowest BCUT2D eigenvalue weighted by Gasteiger charge is -2.06. The van der Waals surface area contributed by atoms with E-state index in [1.807, 2.05) is 37.4 Å². The fraction of sp³-hybridized carbons (Fsp3) is 0.167. The zero-order valence-corrected chi connectivity index (χ0v) is 9.14.